The largest absolute Gasteiger partial charge is 0.496 e. The average molecular weight is 258 g/mol. The quantitative estimate of drug-likeness (QED) is 0.678. The molecule has 0 radical (unpaired) electrons. The molecule has 3 aromatic rings. The number of aldehydes is 1. The Hall–Kier alpha value is -2.14. The van der Waals surface area contributed by atoms with Crippen LogP contribution in [0.4, 0.5) is 0 Å². The van der Waals surface area contributed by atoms with Crippen molar-refractivity contribution in [1.82, 2.24) is 9.38 Å². The van der Waals surface area contributed by atoms with Crippen LogP contribution < -0.4 is 4.74 Å². The summed E-state index contributed by atoms with van der Waals surface area (Å²) in [5, 5.41) is 1.90. The van der Waals surface area contributed by atoms with E-state index in [2.05, 4.69) is 4.98 Å². The maximum Gasteiger partial charge on any atom is 0.194 e. The zero-order valence-corrected chi connectivity index (χ0v) is 10.5. The standard InChI is InChI=1S/C13H10N2O2S/c1-17-11-5-3-2-4-9(11)12-10(8-16)15-6-7-18-13(15)14-12/h2-8H,1H3. The van der Waals surface area contributed by atoms with Crippen LogP contribution in [-0.2, 0) is 0 Å². The predicted octanol–water partition coefficient (Wildman–Crippen LogP) is 2.88. The molecule has 0 unspecified atom stereocenters. The Bertz CT molecular complexity index is 715. The first-order valence-electron chi connectivity index (χ1n) is 5.39. The summed E-state index contributed by atoms with van der Waals surface area (Å²) >= 11 is 1.50. The molecule has 2 aromatic heterocycles. The number of hydrogen-bond donors (Lipinski definition) is 0. The minimum absolute atomic E-state index is 0.552. The number of carbonyl (C=O) groups is 1. The van der Waals surface area contributed by atoms with Crippen molar-refractivity contribution in [3.05, 3.63) is 41.5 Å². The van der Waals surface area contributed by atoms with Crippen LogP contribution in [0.2, 0.25) is 0 Å². The summed E-state index contributed by atoms with van der Waals surface area (Å²) in [7, 11) is 1.61. The second-order valence-electron chi connectivity index (χ2n) is 3.72. The van der Waals surface area contributed by atoms with Gasteiger partial charge in [0.1, 0.15) is 17.1 Å². The van der Waals surface area contributed by atoms with Gasteiger partial charge in [0.15, 0.2) is 11.2 Å². The Labute approximate surface area is 107 Å². The molecule has 90 valence electrons. The molecule has 18 heavy (non-hydrogen) atoms. The number of rotatable bonds is 3. The summed E-state index contributed by atoms with van der Waals surface area (Å²) in [6.45, 7) is 0. The van der Waals surface area contributed by atoms with E-state index in [1.165, 1.54) is 11.3 Å². The lowest BCUT2D eigenvalue weighted by molar-refractivity contribution is 0.111. The predicted molar refractivity (Wildman–Crippen MR) is 70.4 cm³/mol. The molecule has 5 heteroatoms. The van der Waals surface area contributed by atoms with Gasteiger partial charge in [0.25, 0.3) is 0 Å². The van der Waals surface area contributed by atoms with Crippen LogP contribution in [0.25, 0.3) is 16.2 Å². The molecule has 0 amide bonds. The number of methoxy groups -OCH3 is 1. The van der Waals surface area contributed by atoms with Crippen LogP contribution in [0.1, 0.15) is 10.5 Å². The van der Waals surface area contributed by atoms with Crippen LogP contribution >= 0.6 is 11.3 Å². The topological polar surface area (TPSA) is 43.6 Å². The zero-order valence-electron chi connectivity index (χ0n) is 9.66. The molecule has 3 rings (SSSR count). The SMILES string of the molecule is COc1ccccc1-c1nc2sccn2c1C=O. The Morgan fingerprint density at radius 1 is 1.39 bits per heavy atom. The normalized spacial score (nSPS) is 10.7. The number of aromatic nitrogens is 2. The van der Waals surface area contributed by atoms with Crippen LogP contribution in [-0.4, -0.2) is 22.8 Å². The average Bonchev–Trinajstić information content (AvgIpc) is 2.98. The van der Waals surface area contributed by atoms with Gasteiger partial charge in [0.2, 0.25) is 0 Å². The maximum atomic E-state index is 11.3. The van der Waals surface area contributed by atoms with Crippen molar-refractivity contribution in [2.24, 2.45) is 0 Å². The molecule has 2 heterocycles. The number of para-hydroxylation sites is 1. The molecule has 0 aliphatic carbocycles. The van der Waals surface area contributed by atoms with E-state index in [0.717, 1.165) is 16.8 Å². The molecule has 1 aromatic carbocycles. The molecule has 4 nitrogen and oxygen atoms in total. The molecule has 0 atom stereocenters. The smallest absolute Gasteiger partial charge is 0.194 e. The monoisotopic (exact) mass is 258 g/mol. The van der Waals surface area contributed by atoms with Gasteiger partial charge in [-0.1, -0.05) is 12.1 Å². The Kier molecular flexibility index (Phi) is 2.60. The van der Waals surface area contributed by atoms with Gasteiger partial charge >= 0.3 is 0 Å². The highest BCUT2D eigenvalue weighted by atomic mass is 32.1. The minimum atomic E-state index is 0.552. The van der Waals surface area contributed by atoms with Gasteiger partial charge in [-0.15, -0.1) is 11.3 Å². The summed E-state index contributed by atoms with van der Waals surface area (Å²) in [6, 6.07) is 7.55. The number of hydrogen-bond acceptors (Lipinski definition) is 4. The fourth-order valence-corrected chi connectivity index (χ4v) is 2.68. The van der Waals surface area contributed by atoms with Crippen molar-refractivity contribution in [2.45, 2.75) is 0 Å². The summed E-state index contributed by atoms with van der Waals surface area (Å²) in [6.07, 6.45) is 2.67. The number of nitrogens with zero attached hydrogens (tertiary/aromatic N) is 2. The van der Waals surface area contributed by atoms with Crippen molar-refractivity contribution in [2.75, 3.05) is 7.11 Å². The van der Waals surface area contributed by atoms with Gasteiger partial charge < -0.3 is 4.74 Å². The van der Waals surface area contributed by atoms with Gasteiger partial charge in [-0.3, -0.25) is 9.20 Å². The summed E-state index contributed by atoms with van der Waals surface area (Å²) in [5.74, 6) is 0.714. The van der Waals surface area contributed by atoms with Crippen LogP contribution in [0.3, 0.4) is 0 Å². The van der Waals surface area contributed by atoms with Crippen LogP contribution in [0.5, 0.6) is 5.75 Å². The first-order chi connectivity index (χ1) is 8.85. The van der Waals surface area contributed by atoms with Gasteiger partial charge in [-0.2, -0.15) is 0 Å². The van der Waals surface area contributed by atoms with E-state index in [0.29, 0.717) is 17.1 Å². The highest BCUT2D eigenvalue weighted by Gasteiger charge is 2.16. The van der Waals surface area contributed by atoms with E-state index in [-0.39, 0.29) is 0 Å². The lowest BCUT2D eigenvalue weighted by Gasteiger charge is -2.05. The van der Waals surface area contributed by atoms with E-state index >= 15 is 0 Å². The summed E-state index contributed by atoms with van der Waals surface area (Å²) < 4.78 is 7.10. The molecule has 0 aliphatic rings. The summed E-state index contributed by atoms with van der Waals surface area (Å²) in [5.41, 5.74) is 2.04. The molecule has 0 bridgehead atoms. The van der Waals surface area contributed by atoms with E-state index in [1.807, 2.05) is 35.8 Å². The van der Waals surface area contributed by atoms with Crippen molar-refractivity contribution in [3.8, 4) is 17.0 Å². The van der Waals surface area contributed by atoms with Gasteiger partial charge in [-0.25, -0.2) is 4.98 Å². The first kappa shape index (κ1) is 11.0. The Morgan fingerprint density at radius 2 is 2.22 bits per heavy atom. The number of ether oxygens (including phenoxy) is 1. The lowest BCUT2D eigenvalue weighted by atomic mass is 10.1. The molecule has 0 saturated carbocycles. The third-order valence-corrected chi connectivity index (χ3v) is 3.53. The first-order valence-corrected chi connectivity index (χ1v) is 6.27. The zero-order chi connectivity index (χ0) is 12.5. The highest BCUT2D eigenvalue weighted by Crippen LogP contribution is 2.32. The van der Waals surface area contributed by atoms with Crippen molar-refractivity contribution in [1.29, 1.82) is 0 Å². The number of carbonyl (C=O) groups excluding carboxylic acids is 1. The third-order valence-electron chi connectivity index (χ3n) is 2.77. The van der Waals surface area contributed by atoms with Crippen LogP contribution in [0, 0.1) is 0 Å². The minimum Gasteiger partial charge on any atom is -0.496 e. The fraction of sp³-hybridized carbons (Fsp3) is 0.0769. The molecule has 0 fully saturated rings. The molecule has 0 aliphatic heterocycles. The van der Waals surface area contributed by atoms with E-state index < -0.39 is 0 Å². The second-order valence-corrected chi connectivity index (χ2v) is 4.59. The van der Waals surface area contributed by atoms with Gasteiger partial charge in [0, 0.05) is 17.1 Å². The Balaban J connectivity index is 2.30. The maximum absolute atomic E-state index is 11.3. The summed E-state index contributed by atoms with van der Waals surface area (Å²) in [4.78, 5) is 16.6. The van der Waals surface area contributed by atoms with Crippen molar-refractivity contribution < 1.29 is 9.53 Å². The van der Waals surface area contributed by atoms with E-state index in [9.17, 15) is 4.79 Å². The third kappa shape index (κ3) is 1.52. The van der Waals surface area contributed by atoms with E-state index in [4.69, 9.17) is 4.74 Å². The highest BCUT2D eigenvalue weighted by molar-refractivity contribution is 7.15. The number of thiazole rings is 1. The lowest BCUT2D eigenvalue weighted by Crippen LogP contribution is -1.92. The van der Waals surface area contributed by atoms with Crippen LogP contribution in [0.15, 0.2) is 35.8 Å². The van der Waals surface area contributed by atoms with Crippen molar-refractivity contribution in [3.63, 3.8) is 0 Å². The molecular formula is C13H10N2O2S. The number of fused-ring (bicyclic) bond motifs is 1. The fourth-order valence-electron chi connectivity index (χ4n) is 1.95. The number of imidazole rings is 1. The van der Waals surface area contributed by atoms with Gasteiger partial charge in [-0.05, 0) is 12.1 Å². The van der Waals surface area contributed by atoms with E-state index in [1.54, 1.807) is 11.5 Å². The molecule has 0 saturated heterocycles. The van der Waals surface area contributed by atoms with Crippen molar-refractivity contribution >= 4 is 22.6 Å². The molecule has 0 spiro atoms. The number of benzene rings is 1. The molecular weight excluding hydrogens is 248 g/mol. The Morgan fingerprint density at radius 3 is 3.00 bits per heavy atom. The van der Waals surface area contributed by atoms with Gasteiger partial charge in [0.05, 0.1) is 7.11 Å². The molecule has 0 N–H and O–H groups in total. The second kappa shape index (κ2) is 4.27.